The molecule has 32 heavy (non-hydrogen) atoms. The number of hydrogen-bond acceptors (Lipinski definition) is 6. The van der Waals surface area contributed by atoms with Crippen molar-refractivity contribution in [1.82, 2.24) is 24.7 Å². The summed E-state index contributed by atoms with van der Waals surface area (Å²) in [7, 11) is 0. The number of aromatic amines is 1. The van der Waals surface area contributed by atoms with Gasteiger partial charge in [-0.15, -0.1) is 0 Å². The Morgan fingerprint density at radius 1 is 1.12 bits per heavy atom. The Balaban J connectivity index is 1.50. The van der Waals surface area contributed by atoms with E-state index in [1.54, 1.807) is 6.33 Å². The number of anilines is 1. The molecule has 2 N–H and O–H groups in total. The van der Waals surface area contributed by atoms with Gasteiger partial charge in [-0.1, -0.05) is 19.9 Å². The molecule has 0 unspecified atom stereocenters. The van der Waals surface area contributed by atoms with Gasteiger partial charge in [-0.05, 0) is 43.5 Å². The second kappa shape index (κ2) is 8.18. The van der Waals surface area contributed by atoms with Gasteiger partial charge in [-0.3, -0.25) is 4.68 Å². The minimum absolute atomic E-state index is 0.0480. The minimum Gasteiger partial charge on any atom is -0.486 e. The van der Waals surface area contributed by atoms with Crippen molar-refractivity contribution in [2.24, 2.45) is 5.92 Å². The largest absolute Gasteiger partial charge is 0.486 e. The van der Waals surface area contributed by atoms with E-state index in [4.69, 9.17) is 9.47 Å². The van der Waals surface area contributed by atoms with Crippen molar-refractivity contribution < 1.29 is 9.47 Å². The quantitative estimate of drug-likeness (QED) is 0.458. The van der Waals surface area contributed by atoms with Crippen LogP contribution in [0.4, 0.5) is 5.82 Å². The predicted octanol–water partition coefficient (Wildman–Crippen LogP) is 4.73. The molecule has 8 heteroatoms. The van der Waals surface area contributed by atoms with Gasteiger partial charge in [0.2, 0.25) is 0 Å². The summed E-state index contributed by atoms with van der Waals surface area (Å²) >= 11 is 0. The maximum Gasteiger partial charge on any atom is 0.161 e. The number of aromatic nitrogens is 5. The van der Waals surface area contributed by atoms with Gasteiger partial charge in [0.25, 0.3) is 0 Å². The van der Waals surface area contributed by atoms with E-state index in [2.05, 4.69) is 70.5 Å². The lowest BCUT2D eigenvalue weighted by Gasteiger charge is -2.26. The van der Waals surface area contributed by atoms with E-state index in [9.17, 15) is 0 Å². The van der Waals surface area contributed by atoms with Crippen LogP contribution in [0.5, 0.6) is 11.5 Å². The van der Waals surface area contributed by atoms with Crippen LogP contribution in [0.25, 0.3) is 22.3 Å². The number of aryl methyl sites for hydroxylation is 2. The summed E-state index contributed by atoms with van der Waals surface area (Å²) in [4.78, 5) is 12.5. The summed E-state index contributed by atoms with van der Waals surface area (Å²) in [6.45, 7) is 10.5. The molecule has 4 aromatic rings. The van der Waals surface area contributed by atoms with Crippen molar-refractivity contribution in [2.75, 3.05) is 18.5 Å². The topological polar surface area (TPSA) is 89.9 Å². The third kappa shape index (κ3) is 3.66. The van der Waals surface area contributed by atoms with Crippen LogP contribution in [0.15, 0.2) is 36.8 Å². The SMILES string of the molecule is CCn1cc(-c2cc3c(N[C@@H](c4ccc5c(c4)OCCO5)C(C)C)ncnc3[nH]2)c(C)n1. The highest BCUT2D eigenvalue weighted by molar-refractivity contribution is 5.91. The van der Waals surface area contributed by atoms with Gasteiger partial charge in [-0.2, -0.15) is 5.10 Å². The van der Waals surface area contributed by atoms with Crippen LogP contribution in [0, 0.1) is 12.8 Å². The summed E-state index contributed by atoms with van der Waals surface area (Å²) in [6, 6.07) is 8.29. The molecule has 3 aromatic heterocycles. The van der Waals surface area contributed by atoms with E-state index in [1.807, 2.05) is 17.7 Å². The van der Waals surface area contributed by atoms with Crippen molar-refractivity contribution in [1.29, 1.82) is 0 Å². The number of rotatable bonds is 6. The van der Waals surface area contributed by atoms with Crippen molar-refractivity contribution in [2.45, 2.75) is 40.3 Å². The van der Waals surface area contributed by atoms with E-state index < -0.39 is 0 Å². The maximum absolute atomic E-state index is 5.80. The van der Waals surface area contributed by atoms with Crippen LogP contribution in [0.1, 0.15) is 38.1 Å². The van der Waals surface area contributed by atoms with Crippen LogP contribution in [-0.2, 0) is 6.54 Å². The van der Waals surface area contributed by atoms with Gasteiger partial charge in [0.15, 0.2) is 11.5 Å². The highest BCUT2D eigenvalue weighted by Gasteiger charge is 2.22. The number of nitrogens with zero attached hydrogens (tertiary/aromatic N) is 4. The summed E-state index contributed by atoms with van der Waals surface area (Å²) in [6.07, 6.45) is 3.65. The number of H-pyrrole nitrogens is 1. The summed E-state index contributed by atoms with van der Waals surface area (Å²) in [5, 5.41) is 9.17. The van der Waals surface area contributed by atoms with Crippen LogP contribution in [0.3, 0.4) is 0 Å². The van der Waals surface area contributed by atoms with E-state index in [-0.39, 0.29) is 6.04 Å². The number of ether oxygens (including phenoxy) is 2. The molecule has 1 aliphatic heterocycles. The fourth-order valence-electron chi connectivity index (χ4n) is 4.18. The Bertz CT molecular complexity index is 1260. The maximum atomic E-state index is 5.80. The number of nitrogens with one attached hydrogen (secondary N) is 2. The van der Waals surface area contributed by atoms with E-state index >= 15 is 0 Å². The lowest BCUT2D eigenvalue weighted by Crippen LogP contribution is -2.19. The van der Waals surface area contributed by atoms with Crippen molar-refractivity contribution in [3.05, 3.63) is 48.0 Å². The second-order valence-electron chi connectivity index (χ2n) is 8.42. The average molecular weight is 433 g/mol. The fourth-order valence-corrected chi connectivity index (χ4v) is 4.18. The van der Waals surface area contributed by atoms with Crippen molar-refractivity contribution in [3.8, 4) is 22.8 Å². The molecule has 1 aliphatic rings. The first-order chi connectivity index (χ1) is 15.5. The summed E-state index contributed by atoms with van der Waals surface area (Å²) < 4.78 is 13.4. The molecule has 1 aromatic carbocycles. The van der Waals surface area contributed by atoms with Crippen molar-refractivity contribution in [3.63, 3.8) is 0 Å². The predicted molar refractivity (Wildman–Crippen MR) is 124 cm³/mol. The molecule has 0 saturated heterocycles. The molecule has 0 saturated carbocycles. The second-order valence-corrected chi connectivity index (χ2v) is 8.42. The highest BCUT2D eigenvalue weighted by atomic mass is 16.6. The molecule has 166 valence electrons. The molecule has 8 nitrogen and oxygen atoms in total. The first-order valence-electron chi connectivity index (χ1n) is 11.1. The van der Waals surface area contributed by atoms with Gasteiger partial charge < -0.3 is 19.8 Å². The molecular weight excluding hydrogens is 404 g/mol. The van der Waals surface area contributed by atoms with E-state index in [0.717, 1.165) is 57.4 Å². The molecule has 0 aliphatic carbocycles. The van der Waals surface area contributed by atoms with Crippen LogP contribution < -0.4 is 14.8 Å². The van der Waals surface area contributed by atoms with Gasteiger partial charge in [0, 0.05) is 18.3 Å². The zero-order chi connectivity index (χ0) is 22.2. The molecular formula is C24H28N6O2. The third-order valence-corrected chi connectivity index (χ3v) is 5.87. The molecule has 0 fully saturated rings. The first-order valence-corrected chi connectivity index (χ1v) is 11.1. The average Bonchev–Trinajstić information content (AvgIpc) is 3.40. The Kier molecular flexibility index (Phi) is 5.20. The standard InChI is InChI=1S/C24H28N6O2/c1-5-30-12-18(15(4)29-30)19-11-17-23(27-19)25-13-26-24(17)28-22(14(2)3)16-6-7-20-21(10-16)32-9-8-31-20/h6-7,10-14,22H,5,8-9H2,1-4H3,(H2,25,26,27,28)/t22-/m1/s1. The Morgan fingerprint density at radius 3 is 2.69 bits per heavy atom. The van der Waals surface area contributed by atoms with Crippen molar-refractivity contribution >= 4 is 16.9 Å². The zero-order valence-corrected chi connectivity index (χ0v) is 18.8. The molecule has 0 radical (unpaired) electrons. The smallest absolute Gasteiger partial charge is 0.161 e. The normalized spacial score (nSPS) is 14.2. The summed E-state index contributed by atoms with van der Waals surface area (Å²) in [5.74, 6) is 2.71. The van der Waals surface area contributed by atoms with Gasteiger partial charge in [0.05, 0.1) is 22.8 Å². The lowest BCUT2D eigenvalue weighted by atomic mass is 9.95. The molecule has 0 amide bonds. The van der Waals surface area contributed by atoms with Gasteiger partial charge in [0.1, 0.15) is 31.0 Å². The van der Waals surface area contributed by atoms with Crippen LogP contribution >= 0.6 is 0 Å². The zero-order valence-electron chi connectivity index (χ0n) is 18.8. The first kappa shape index (κ1) is 20.4. The van der Waals surface area contributed by atoms with Crippen LogP contribution in [-0.4, -0.2) is 37.9 Å². The number of hydrogen-bond donors (Lipinski definition) is 2. The Hall–Kier alpha value is -3.55. The molecule has 1 atom stereocenters. The van der Waals surface area contributed by atoms with E-state index in [1.165, 1.54) is 0 Å². The Morgan fingerprint density at radius 2 is 1.94 bits per heavy atom. The Labute approximate surface area is 187 Å². The monoisotopic (exact) mass is 432 g/mol. The third-order valence-electron chi connectivity index (χ3n) is 5.87. The fraction of sp³-hybridized carbons (Fsp3) is 0.375. The number of benzene rings is 1. The summed E-state index contributed by atoms with van der Waals surface area (Å²) in [5.41, 5.74) is 4.97. The molecule has 0 spiro atoms. The molecule has 4 heterocycles. The van der Waals surface area contributed by atoms with Gasteiger partial charge in [-0.25, -0.2) is 9.97 Å². The molecule has 5 rings (SSSR count). The molecule has 0 bridgehead atoms. The highest BCUT2D eigenvalue weighted by Crippen LogP contribution is 2.37. The lowest BCUT2D eigenvalue weighted by molar-refractivity contribution is 0.171. The van der Waals surface area contributed by atoms with Crippen LogP contribution in [0.2, 0.25) is 0 Å². The number of fused-ring (bicyclic) bond motifs is 2. The minimum atomic E-state index is 0.0480. The van der Waals surface area contributed by atoms with Gasteiger partial charge >= 0.3 is 0 Å². The van der Waals surface area contributed by atoms with E-state index in [0.29, 0.717) is 19.1 Å².